The van der Waals surface area contributed by atoms with Gasteiger partial charge in [-0.05, 0) is 85.3 Å². The fourth-order valence-electron chi connectivity index (χ4n) is 5.98. The lowest BCUT2D eigenvalue weighted by atomic mass is 9.89. The lowest BCUT2D eigenvalue weighted by Crippen LogP contribution is -2.22. The molecule has 2 aromatic carbocycles. The van der Waals surface area contributed by atoms with Crippen molar-refractivity contribution in [2.24, 2.45) is 0 Å². The molecule has 1 aliphatic heterocycles. The van der Waals surface area contributed by atoms with E-state index in [2.05, 4.69) is 5.32 Å². The van der Waals surface area contributed by atoms with E-state index < -0.39 is 0 Å². The summed E-state index contributed by atoms with van der Waals surface area (Å²) in [7, 11) is 0. The van der Waals surface area contributed by atoms with Crippen LogP contribution < -0.4 is 5.32 Å². The molecule has 1 amide bonds. The van der Waals surface area contributed by atoms with Crippen LogP contribution in [-0.2, 0) is 32.4 Å². The Morgan fingerprint density at radius 2 is 1.73 bits per heavy atom. The molecule has 0 saturated heterocycles. The minimum absolute atomic E-state index is 0.0637. The van der Waals surface area contributed by atoms with Gasteiger partial charge in [0.15, 0.2) is 5.76 Å². The van der Waals surface area contributed by atoms with Gasteiger partial charge in [-0.3, -0.25) is 9.59 Å². The van der Waals surface area contributed by atoms with E-state index in [1.54, 1.807) is 66.9 Å². The molecule has 9 heteroatoms. The molecule has 0 atom stereocenters. The molecule has 0 bridgehead atoms. The molecule has 220 valence electrons. The first-order valence-corrected chi connectivity index (χ1v) is 14.5. The molecule has 44 heavy (non-hydrogen) atoms. The van der Waals surface area contributed by atoms with Crippen molar-refractivity contribution in [3.8, 4) is 17.0 Å². The number of halogens is 1. The van der Waals surface area contributed by atoms with E-state index >= 15 is 0 Å². The van der Waals surface area contributed by atoms with Crippen molar-refractivity contribution in [2.75, 3.05) is 0 Å². The van der Waals surface area contributed by atoms with Gasteiger partial charge in [-0.25, -0.2) is 9.37 Å². The number of carbonyl (C=O) groups is 2. The maximum atomic E-state index is 14.1. The number of aryl methyl sites for hydroxylation is 3. The monoisotopic (exact) mass is 589 g/mol. The highest BCUT2D eigenvalue weighted by atomic mass is 19.1. The van der Waals surface area contributed by atoms with Crippen molar-refractivity contribution in [2.45, 2.75) is 38.8 Å². The fraction of sp³-hybridized carbons (Fsp3) is 0.171. The largest absolute Gasteiger partial charge is 0.494 e. The predicted octanol–water partition coefficient (Wildman–Crippen LogP) is 6.63. The highest BCUT2D eigenvalue weighted by Gasteiger charge is 2.31. The molecule has 5 heterocycles. The second kappa shape index (κ2) is 11.3. The second-order valence-electron chi connectivity index (χ2n) is 10.8. The van der Waals surface area contributed by atoms with E-state index in [9.17, 15) is 19.1 Å². The third kappa shape index (κ3) is 4.96. The minimum atomic E-state index is -0.362. The normalized spacial score (nSPS) is 12.5. The zero-order valence-corrected chi connectivity index (χ0v) is 23.7. The summed E-state index contributed by atoms with van der Waals surface area (Å²) in [6, 6.07) is 20.0. The molecule has 1 aliphatic rings. The summed E-state index contributed by atoms with van der Waals surface area (Å²) in [5.41, 5.74) is 4.98. The Kier molecular flexibility index (Phi) is 7.06. The van der Waals surface area contributed by atoms with Crippen LogP contribution in [0.5, 0.6) is 5.88 Å². The Morgan fingerprint density at radius 1 is 0.955 bits per heavy atom. The van der Waals surface area contributed by atoms with E-state index in [1.165, 1.54) is 18.4 Å². The Labute approximate surface area is 251 Å². The number of furan rings is 2. The number of carbonyl (C=O) groups excluding carboxylic acids is 2. The molecular formula is C35H28FN3O5. The maximum absolute atomic E-state index is 14.1. The number of nitrogens with zero attached hydrogens (tertiary/aromatic N) is 2. The molecule has 0 aliphatic carbocycles. The number of aromatic hydroxyl groups is 1. The topological polar surface area (TPSA) is 111 Å². The van der Waals surface area contributed by atoms with Gasteiger partial charge in [0.05, 0.1) is 41.2 Å². The summed E-state index contributed by atoms with van der Waals surface area (Å²) in [5, 5.41) is 14.8. The number of nitrogens with one attached hydrogen (secondary N) is 1. The Bertz CT molecular complexity index is 1970. The van der Waals surface area contributed by atoms with Gasteiger partial charge in [-0.2, -0.15) is 0 Å². The molecule has 7 rings (SSSR count). The van der Waals surface area contributed by atoms with Crippen LogP contribution >= 0.6 is 0 Å². The van der Waals surface area contributed by atoms with Crippen LogP contribution in [0, 0.1) is 5.82 Å². The average molecular weight is 590 g/mol. The van der Waals surface area contributed by atoms with Crippen LogP contribution in [0.3, 0.4) is 0 Å². The number of ketones is 1. The van der Waals surface area contributed by atoms with E-state index in [0.29, 0.717) is 64.0 Å². The van der Waals surface area contributed by atoms with E-state index in [-0.39, 0.29) is 35.7 Å². The quantitative estimate of drug-likeness (QED) is 0.183. The zero-order valence-electron chi connectivity index (χ0n) is 23.7. The maximum Gasteiger partial charge on any atom is 0.251 e. The lowest BCUT2D eigenvalue weighted by Gasteiger charge is -2.16. The van der Waals surface area contributed by atoms with Gasteiger partial charge < -0.3 is 23.8 Å². The predicted molar refractivity (Wildman–Crippen MR) is 161 cm³/mol. The Hall–Kier alpha value is -5.44. The lowest BCUT2D eigenvalue weighted by molar-refractivity contribution is 0.0947. The molecular weight excluding hydrogens is 561 g/mol. The summed E-state index contributed by atoms with van der Waals surface area (Å²) in [6.07, 6.45) is 5.55. The first-order chi connectivity index (χ1) is 21.5. The van der Waals surface area contributed by atoms with Crippen LogP contribution in [0.2, 0.25) is 0 Å². The number of fused-ring (bicyclic) bond motifs is 3. The smallest absolute Gasteiger partial charge is 0.251 e. The van der Waals surface area contributed by atoms with Crippen LogP contribution in [0.15, 0.2) is 94.2 Å². The van der Waals surface area contributed by atoms with Gasteiger partial charge in [-0.1, -0.05) is 24.3 Å². The van der Waals surface area contributed by atoms with Gasteiger partial charge in [-0.15, -0.1) is 0 Å². The summed E-state index contributed by atoms with van der Waals surface area (Å²) in [5.74, 6) is -0.0998. The molecule has 2 N–H and O–H groups in total. The van der Waals surface area contributed by atoms with Gasteiger partial charge in [0.2, 0.25) is 11.7 Å². The van der Waals surface area contributed by atoms with E-state index in [1.807, 2.05) is 4.57 Å². The second-order valence-corrected chi connectivity index (χ2v) is 10.8. The van der Waals surface area contributed by atoms with Crippen molar-refractivity contribution in [3.05, 3.63) is 131 Å². The number of hydrogen-bond acceptors (Lipinski definition) is 6. The third-order valence-corrected chi connectivity index (χ3v) is 8.12. The fourth-order valence-corrected chi connectivity index (χ4v) is 5.98. The van der Waals surface area contributed by atoms with Gasteiger partial charge >= 0.3 is 0 Å². The molecule has 0 unspecified atom stereocenters. The number of hydrogen-bond donors (Lipinski definition) is 2. The SMILES string of the molecule is O=C(NCc1ccco1)c1ccc(-c2c(C(=O)c3ccco3)c(CCc3ccc(F)cc3)nc3c4n(c(O)c23)CCC4)cc1. The zero-order chi connectivity index (χ0) is 30.2. The summed E-state index contributed by atoms with van der Waals surface area (Å²) < 4.78 is 26.3. The van der Waals surface area contributed by atoms with Gasteiger partial charge in [0, 0.05) is 23.4 Å². The molecule has 0 saturated carbocycles. The number of benzene rings is 2. The van der Waals surface area contributed by atoms with Crippen LogP contribution in [0.4, 0.5) is 4.39 Å². The summed E-state index contributed by atoms with van der Waals surface area (Å²) in [4.78, 5) is 32.0. The van der Waals surface area contributed by atoms with Crippen molar-refractivity contribution < 1.29 is 27.9 Å². The number of rotatable bonds is 9. The van der Waals surface area contributed by atoms with Crippen LogP contribution in [0.1, 0.15) is 55.6 Å². The van der Waals surface area contributed by atoms with E-state index in [4.69, 9.17) is 13.8 Å². The first-order valence-electron chi connectivity index (χ1n) is 14.5. The molecule has 8 nitrogen and oxygen atoms in total. The highest BCUT2D eigenvalue weighted by molar-refractivity contribution is 6.17. The molecule has 4 aromatic heterocycles. The first kappa shape index (κ1) is 27.4. The van der Waals surface area contributed by atoms with Crippen molar-refractivity contribution in [3.63, 3.8) is 0 Å². The number of amides is 1. The van der Waals surface area contributed by atoms with Gasteiger partial charge in [0.25, 0.3) is 5.91 Å². The molecule has 0 radical (unpaired) electrons. The Balaban J connectivity index is 1.36. The minimum Gasteiger partial charge on any atom is -0.494 e. The van der Waals surface area contributed by atoms with Crippen LogP contribution in [-0.4, -0.2) is 26.3 Å². The van der Waals surface area contributed by atoms with Crippen molar-refractivity contribution >= 4 is 22.6 Å². The number of aromatic nitrogens is 2. The summed E-state index contributed by atoms with van der Waals surface area (Å²) >= 11 is 0. The van der Waals surface area contributed by atoms with Crippen molar-refractivity contribution in [1.82, 2.24) is 14.9 Å². The molecule has 6 aromatic rings. The average Bonchev–Trinajstić information content (AvgIpc) is 3.87. The standard InChI is InChI=1S/C35H28FN3O5/c36-24-14-7-21(8-15-24)9-16-26-30(33(40)28-6-3-19-44-28)29(31-32(38-26)27-5-1-17-39(27)35(31)42)22-10-12-23(13-11-22)34(41)37-20-25-4-2-18-43-25/h2-4,6-8,10-15,18-19,42H,1,5,9,16-17,20H2,(H,37,41). The highest BCUT2D eigenvalue weighted by Crippen LogP contribution is 2.44. The van der Waals surface area contributed by atoms with E-state index in [0.717, 1.165) is 24.1 Å². The molecule has 0 spiro atoms. The summed E-state index contributed by atoms with van der Waals surface area (Å²) in [6.45, 7) is 0.903. The van der Waals surface area contributed by atoms with Gasteiger partial charge in [0.1, 0.15) is 11.6 Å². The van der Waals surface area contributed by atoms with Crippen molar-refractivity contribution in [1.29, 1.82) is 0 Å². The Morgan fingerprint density at radius 3 is 2.45 bits per heavy atom. The third-order valence-electron chi connectivity index (χ3n) is 8.12. The number of pyridine rings is 1. The molecule has 0 fully saturated rings. The van der Waals surface area contributed by atoms with Crippen LogP contribution in [0.25, 0.3) is 22.0 Å².